The van der Waals surface area contributed by atoms with Crippen LogP contribution in [0.3, 0.4) is 0 Å². The summed E-state index contributed by atoms with van der Waals surface area (Å²) < 4.78 is 11.1. The number of carbonyl (C=O) groups is 1. The van der Waals surface area contributed by atoms with Gasteiger partial charge in [-0.1, -0.05) is 48.2 Å². The molecule has 4 rings (SSSR count). The van der Waals surface area contributed by atoms with Gasteiger partial charge in [-0.15, -0.1) is 0 Å². The summed E-state index contributed by atoms with van der Waals surface area (Å²) in [5, 5.41) is 3.47. The van der Waals surface area contributed by atoms with Gasteiger partial charge in [0, 0.05) is 0 Å². The summed E-state index contributed by atoms with van der Waals surface area (Å²) in [6.07, 6.45) is 1.37. The second-order valence-corrected chi connectivity index (χ2v) is 7.40. The third kappa shape index (κ3) is 4.09. The Morgan fingerprint density at radius 1 is 1.18 bits per heavy atom. The van der Waals surface area contributed by atoms with E-state index in [1.54, 1.807) is 0 Å². The van der Waals surface area contributed by atoms with Crippen molar-refractivity contribution >= 4 is 28.8 Å². The van der Waals surface area contributed by atoms with Crippen molar-refractivity contribution in [2.75, 3.05) is 0 Å². The first-order valence-electron chi connectivity index (χ1n) is 8.89. The Morgan fingerprint density at radius 2 is 2.00 bits per heavy atom. The Morgan fingerprint density at radius 3 is 2.82 bits per heavy atom. The fraction of sp³-hybridized carbons (Fsp3) is 0.190. The van der Waals surface area contributed by atoms with Gasteiger partial charge >= 0.3 is 0 Å². The molecule has 2 aromatic carbocycles. The van der Waals surface area contributed by atoms with Crippen LogP contribution in [0.15, 0.2) is 68.9 Å². The number of nitrogens with zero attached hydrogens (tertiary/aromatic N) is 2. The van der Waals surface area contributed by atoms with Crippen molar-refractivity contribution in [3.05, 3.63) is 77.5 Å². The number of amides is 1. The van der Waals surface area contributed by atoms with Crippen molar-refractivity contribution < 1.29 is 13.6 Å². The molecule has 1 unspecified atom stereocenters. The van der Waals surface area contributed by atoms with Crippen LogP contribution in [0.2, 0.25) is 0 Å². The molecule has 6 nitrogen and oxygen atoms in total. The van der Waals surface area contributed by atoms with E-state index in [1.165, 1.54) is 18.0 Å². The third-order valence-electron chi connectivity index (χ3n) is 4.27. The number of rotatable bonds is 6. The monoisotopic (exact) mass is 393 g/mol. The molecule has 1 N–H and O–H groups in total. The molecule has 2 heterocycles. The minimum atomic E-state index is -0.270. The minimum absolute atomic E-state index is 0.119. The van der Waals surface area contributed by atoms with Crippen molar-refractivity contribution in [1.82, 2.24) is 15.3 Å². The zero-order chi connectivity index (χ0) is 19.5. The highest BCUT2D eigenvalue weighted by molar-refractivity contribution is 7.98. The van der Waals surface area contributed by atoms with E-state index in [9.17, 15) is 4.79 Å². The molecule has 4 aromatic rings. The van der Waals surface area contributed by atoms with Crippen LogP contribution >= 0.6 is 11.8 Å². The Balaban J connectivity index is 1.37. The van der Waals surface area contributed by atoms with Gasteiger partial charge in [0.15, 0.2) is 11.3 Å². The van der Waals surface area contributed by atoms with E-state index in [-0.39, 0.29) is 17.6 Å². The highest BCUT2D eigenvalue weighted by Gasteiger charge is 2.16. The first-order chi connectivity index (χ1) is 13.6. The van der Waals surface area contributed by atoms with Gasteiger partial charge in [-0.05, 0) is 37.1 Å². The molecular weight excluding hydrogens is 374 g/mol. The third-order valence-corrected chi connectivity index (χ3v) is 5.09. The fourth-order valence-electron chi connectivity index (χ4n) is 2.78. The van der Waals surface area contributed by atoms with Gasteiger partial charge in [0.2, 0.25) is 5.89 Å². The molecule has 0 spiro atoms. The Bertz CT molecular complexity index is 1100. The molecule has 0 saturated carbocycles. The molecular formula is C21H19N3O3S. The highest BCUT2D eigenvalue weighted by atomic mass is 32.2. The summed E-state index contributed by atoms with van der Waals surface area (Å²) in [5.41, 5.74) is 3.98. The predicted octanol–water partition coefficient (Wildman–Crippen LogP) is 4.91. The maximum Gasteiger partial charge on any atom is 0.273 e. The molecule has 0 saturated heterocycles. The molecule has 1 amide bonds. The zero-order valence-electron chi connectivity index (χ0n) is 15.5. The van der Waals surface area contributed by atoms with Crippen LogP contribution < -0.4 is 5.32 Å². The molecule has 0 aliphatic rings. The second-order valence-electron chi connectivity index (χ2n) is 6.47. The summed E-state index contributed by atoms with van der Waals surface area (Å²) in [7, 11) is 0. The van der Waals surface area contributed by atoms with E-state index < -0.39 is 0 Å². The zero-order valence-corrected chi connectivity index (χ0v) is 16.3. The molecule has 28 heavy (non-hydrogen) atoms. The second kappa shape index (κ2) is 7.90. The van der Waals surface area contributed by atoms with Gasteiger partial charge in [0.05, 0.1) is 11.8 Å². The standard InChI is InChI=1S/C21H19N3O3S/c1-13-8-9-18-16(10-13)24-21(27-18)28-12-19-23-17(11-26-19)20(25)22-14(2)15-6-4-3-5-7-15/h3-11,14H,12H2,1-2H3,(H,22,25). The average Bonchev–Trinajstić information content (AvgIpc) is 3.33. The SMILES string of the molecule is Cc1ccc2oc(SCc3nc(C(=O)NC(C)c4ccccc4)co3)nc2c1. The summed E-state index contributed by atoms with van der Waals surface area (Å²) >= 11 is 1.38. The number of fused-ring (bicyclic) bond motifs is 1. The topological polar surface area (TPSA) is 81.2 Å². The van der Waals surface area contributed by atoms with Gasteiger partial charge < -0.3 is 14.2 Å². The predicted molar refractivity (Wildman–Crippen MR) is 107 cm³/mol. The number of aromatic nitrogens is 2. The minimum Gasteiger partial charge on any atom is -0.447 e. The average molecular weight is 393 g/mol. The lowest BCUT2D eigenvalue weighted by Crippen LogP contribution is -2.26. The van der Waals surface area contributed by atoms with Crippen molar-refractivity contribution in [1.29, 1.82) is 0 Å². The first kappa shape index (κ1) is 18.3. The van der Waals surface area contributed by atoms with E-state index in [1.807, 2.05) is 62.4 Å². The summed E-state index contributed by atoms with van der Waals surface area (Å²) in [6.45, 7) is 3.94. The Kier molecular flexibility index (Phi) is 5.16. The lowest BCUT2D eigenvalue weighted by Gasteiger charge is -2.12. The maximum absolute atomic E-state index is 12.4. The molecule has 0 aliphatic heterocycles. The Hall–Kier alpha value is -3.06. The van der Waals surface area contributed by atoms with Crippen molar-refractivity contribution in [2.24, 2.45) is 0 Å². The molecule has 142 valence electrons. The molecule has 7 heteroatoms. The van der Waals surface area contributed by atoms with Gasteiger partial charge in [-0.2, -0.15) is 0 Å². The molecule has 0 aliphatic carbocycles. The number of aryl methyl sites for hydroxylation is 1. The summed E-state index contributed by atoms with van der Waals surface area (Å²) in [6, 6.07) is 15.5. The molecule has 1 atom stereocenters. The number of benzene rings is 2. The van der Waals surface area contributed by atoms with Crippen LogP contribution in [0.1, 0.15) is 40.5 Å². The number of carbonyl (C=O) groups excluding carboxylic acids is 1. The lowest BCUT2D eigenvalue weighted by molar-refractivity contribution is 0.0935. The number of hydrogen-bond donors (Lipinski definition) is 1. The molecule has 0 radical (unpaired) electrons. The van der Waals surface area contributed by atoms with Crippen LogP contribution in [0.4, 0.5) is 0 Å². The van der Waals surface area contributed by atoms with Crippen LogP contribution in [0.5, 0.6) is 0 Å². The van der Waals surface area contributed by atoms with E-state index in [0.717, 1.165) is 22.2 Å². The summed E-state index contributed by atoms with van der Waals surface area (Å²) in [4.78, 5) is 21.1. The number of oxazole rings is 2. The summed E-state index contributed by atoms with van der Waals surface area (Å²) in [5.74, 6) is 0.600. The normalized spacial score (nSPS) is 12.2. The number of thioether (sulfide) groups is 1. The van der Waals surface area contributed by atoms with E-state index in [0.29, 0.717) is 16.9 Å². The van der Waals surface area contributed by atoms with E-state index >= 15 is 0 Å². The van der Waals surface area contributed by atoms with Crippen molar-refractivity contribution in [2.45, 2.75) is 30.9 Å². The quantitative estimate of drug-likeness (QED) is 0.469. The molecule has 0 fully saturated rings. The molecule has 0 bridgehead atoms. The van der Waals surface area contributed by atoms with Gasteiger partial charge in [-0.3, -0.25) is 4.79 Å². The van der Waals surface area contributed by atoms with Crippen molar-refractivity contribution in [3.63, 3.8) is 0 Å². The Labute approximate surface area is 166 Å². The van der Waals surface area contributed by atoms with Crippen LogP contribution in [-0.4, -0.2) is 15.9 Å². The highest BCUT2D eigenvalue weighted by Crippen LogP contribution is 2.26. The fourth-order valence-corrected chi connectivity index (χ4v) is 3.47. The van der Waals surface area contributed by atoms with Gasteiger partial charge in [-0.25, -0.2) is 9.97 Å². The van der Waals surface area contributed by atoms with Gasteiger partial charge in [0.25, 0.3) is 11.1 Å². The maximum atomic E-state index is 12.4. The largest absolute Gasteiger partial charge is 0.447 e. The smallest absolute Gasteiger partial charge is 0.273 e. The lowest BCUT2D eigenvalue weighted by atomic mass is 10.1. The van der Waals surface area contributed by atoms with Crippen LogP contribution in [-0.2, 0) is 5.75 Å². The molecule has 2 aromatic heterocycles. The van der Waals surface area contributed by atoms with Crippen LogP contribution in [0.25, 0.3) is 11.1 Å². The first-order valence-corrected chi connectivity index (χ1v) is 9.87. The van der Waals surface area contributed by atoms with Crippen molar-refractivity contribution in [3.8, 4) is 0 Å². The number of hydrogen-bond acceptors (Lipinski definition) is 6. The number of nitrogens with one attached hydrogen (secondary N) is 1. The van der Waals surface area contributed by atoms with Gasteiger partial charge in [0.1, 0.15) is 11.8 Å². The van der Waals surface area contributed by atoms with E-state index in [4.69, 9.17) is 8.83 Å². The van der Waals surface area contributed by atoms with E-state index in [2.05, 4.69) is 15.3 Å². The van der Waals surface area contributed by atoms with Crippen LogP contribution in [0, 0.1) is 6.92 Å².